The van der Waals surface area contributed by atoms with Gasteiger partial charge < -0.3 is 10.0 Å². The number of para-hydroxylation sites is 1. The molecule has 8 nitrogen and oxygen atoms in total. The summed E-state index contributed by atoms with van der Waals surface area (Å²) in [6.45, 7) is 2.01. The van der Waals surface area contributed by atoms with Crippen LogP contribution in [0.25, 0.3) is 6.08 Å². The number of benzene rings is 3. The van der Waals surface area contributed by atoms with E-state index in [-0.39, 0.29) is 18.5 Å². The highest BCUT2D eigenvalue weighted by molar-refractivity contribution is 7.93. The first-order chi connectivity index (χ1) is 17.2. The first kappa shape index (κ1) is 26.4. The second-order valence-electron chi connectivity index (χ2n) is 7.90. The number of carboxylic acid groups (broad SMARTS) is 1. The maximum absolute atomic E-state index is 13.5. The summed E-state index contributed by atoms with van der Waals surface area (Å²) in [7, 11) is -4.19. The van der Waals surface area contributed by atoms with Crippen LogP contribution in [0, 0.1) is 5.92 Å². The molecular weight excluding hydrogens is 480 g/mol. The maximum Gasteiger partial charge on any atom is 0.335 e. The van der Waals surface area contributed by atoms with Gasteiger partial charge in [0.2, 0.25) is 11.8 Å². The smallest absolute Gasteiger partial charge is 0.335 e. The second kappa shape index (κ2) is 11.9. The number of sulfonamides is 1. The average molecular weight is 507 g/mol. The lowest BCUT2D eigenvalue weighted by molar-refractivity contribution is -0.132. The van der Waals surface area contributed by atoms with Crippen molar-refractivity contribution < 1.29 is 27.9 Å². The van der Waals surface area contributed by atoms with Gasteiger partial charge in [0.1, 0.15) is 5.92 Å². The van der Waals surface area contributed by atoms with E-state index in [0.717, 1.165) is 5.41 Å². The Labute approximate surface area is 209 Å². The number of aromatic carboxylic acids is 1. The molecule has 9 heteroatoms. The van der Waals surface area contributed by atoms with Gasteiger partial charge in [-0.25, -0.2) is 17.9 Å². The monoisotopic (exact) mass is 506 g/mol. The van der Waals surface area contributed by atoms with Crippen molar-refractivity contribution in [1.82, 2.24) is 4.72 Å². The van der Waals surface area contributed by atoms with Crippen LogP contribution < -0.4 is 9.62 Å². The quantitative estimate of drug-likeness (QED) is 0.405. The first-order valence-electron chi connectivity index (χ1n) is 11.2. The van der Waals surface area contributed by atoms with E-state index in [0.29, 0.717) is 16.8 Å². The molecule has 0 aliphatic heterocycles. The molecule has 0 spiro atoms. The van der Waals surface area contributed by atoms with Crippen molar-refractivity contribution in [2.24, 2.45) is 5.92 Å². The Bertz CT molecular complexity index is 1340. The first-order valence-corrected chi connectivity index (χ1v) is 12.7. The van der Waals surface area contributed by atoms with Crippen LogP contribution in [-0.2, 0) is 26.0 Å². The molecule has 1 unspecified atom stereocenters. The molecule has 0 fully saturated rings. The predicted octanol–water partition coefficient (Wildman–Crippen LogP) is 3.71. The van der Waals surface area contributed by atoms with Crippen molar-refractivity contribution in [3.63, 3.8) is 0 Å². The zero-order chi connectivity index (χ0) is 26.1. The van der Waals surface area contributed by atoms with E-state index < -0.39 is 33.7 Å². The SMILES string of the molecule is CCN(C(=O)C(Cc1ccc(C(=O)O)cc1)C(=O)NS(=O)(=O)/C=C/c1ccccc1)c1ccccc1. The Hall–Kier alpha value is -4.24. The van der Waals surface area contributed by atoms with Gasteiger partial charge >= 0.3 is 5.97 Å². The summed E-state index contributed by atoms with van der Waals surface area (Å²) in [5.74, 6) is -4.04. The van der Waals surface area contributed by atoms with E-state index in [1.165, 1.54) is 35.2 Å². The van der Waals surface area contributed by atoms with Gasteiger partial charge in [-0.2, -0.15) is 0 Å². The predicted molar refractivity (Wildman–Crippen MR) is 138 cm³/mol. The molecule has 3 aromatic carbocycles. The third-order valence-corrected chi connectivity index (χ3v) is 6.37. The van der Waals surface area contributed by atoms with Gasteiger partial charge in [-0.1, -0.05) is 60.7 Å². The van der Waals surface area contributed by atoms with E-state index in [1.807, 2.05) is 4.72 Å². The zero-order valence-corrected chi connectivity index (χ0v) is 20.4. The summed E-state index contributed by atoms with van der Waals surface area (Å²) in [4.78, 5) is 39.3. The highest BCUT2D eigenvalue weighted by Crippen LogP contribution is 2.20. The fraction of sp³-hybridized carbons (Fsp3) is 0.148. The number of carboxylic acids is 1. The number of carbonyl (C=O) groups is 3. The molecule has 2 N–H and O–H groups in total. The number of rotatable bonds is 10. The van der Waals surface area contributed by atoms with E-state index in [1.54, 1.807) is 67.6 Å². The number of carbonyl (C=O) groups excluding carboxylic acids is 2. The summed E-state index contributed by atoms with van der Waals surface area (Å²) in [5, 5.41) is 10.0. The standard InChI is InChI=1S/C27H26N2O6S/c1-2-29(23-11-7-4-8-12-23)26(31)24(19-21-13-15-22(16-14-21)27(32)33)25(30)28-36(34,35)18-17-20-9-5-3-6-10-20/h3-18,24H,2,19H2,1H3,(H,28,30)(H,32,33)/b18-17+. The van der Waals surface area contributed by atoms with Crippen LogP contribution in [0.1, 0.15) is 28.4 Å². The van der Waals surface area contributed by atoms with Crippen LogP contribution in [0.5, 0.6) is 0 Å². The third-order valence-electron chi connectivity index (χ3n) is 5.39. The van der Waals surface area contributed by atoms with Crippen molar-refractivity contribution in [2.75, 3.05) is 11.4 Å². The number of nitrogens with one attached hydrogen (secondary N) is 1. The minimum absolute atomic E-state index is 0.0548. The van der Waals surface area contributed by atoms with E-state index >= 15 is 0 Å². The van der Waals surface area contributed by atoms with Crippen LogP contribution >= 0.6 is 0 Å². The molecule has 1 atom stereocenters. The van der Waals surface area contributed by atoms with Gasteiger partial charge in [0.15, 0.2) is 0 Å². The molecule has 0 aliphatic rings. The Kier molecular flexibility index (Phi) is 8.75. The summed E-state index contributed by atoms with van der Waals surface area (Å²) in [5.41, 5.74) is 1.76. The molecule has 2 amide bonds. The lowest BCUT2D eigenvalue weighted by Crippen LogP contribution is -2.46. The van der Waals surface area contributed by atoms with Gasteiger partial charge in [0.25, 0.3) is 10.0 Å². The van der Waals surface area contributed by atoms with Crippen LogP contribution in [0.4, 0.5) is 5.69 Å². The lowest BCUT2D eigenvalue weighted by Gasteiger charge is -2.26. The number of hydrogen-bond acceptors (Lipinski definition) is 5. The molecule has 0 bridgehead atoms. The highest BCUT2D eigenvalue weighted by atomic mass is 32.2. The Morgan fingerprint density at radius 1 is 0.917 bits per heavy atom. The van der Waals surface area contributed by atoms with Crippen molar-refractivity contribution in [3.8, 4) is 0 Å². The Morgan fingerprint density at radius 3 is 2.06 bits per heavy atom. The van der Waals surface area contributed by atoms with Crippen LogP contribution in [-0.4, -0.2) is 37.9 Å². The minimum atomic E-state index is -4.19. The lowest BCUT2D eigenvalue weighted by atomic mass is 9.96. The zero-order valence-electron chi connectivity index (χ0n) is 19.6. The van der Waals surface area contributed by atoms with Crippen molar-refractivity contribution in [3.05, 3.63) is 107 Å². The molecule has 36 heavy (non-hydrogen) atoms. The number of anilines is 1. The molecular formula is C27H26N2O6S. The molecule has 0 heterocycles. The molecule has 3 aromatic rings. The third kappa shape index (κ3) is 7.13. The van der Waals surface area contributed by atoms with Crippen molar-refractivity contribution in [1.29, 1.82) is 0 Å². The highest BCUT2D eigenvalue weighted by Gasteiger charge is 2.33. The maximum atomic E-state index is 13.5. The largest absolute Gasteiger partial charge is 0.478 e. The van der Waals surface area contributed by atoms with E-state index in [9.17, 15) is 22.8 Å². The topological polar surface area (TPSA) is 121 Å². The van der Waals surface area contributed by atoms with Crippen molar-refractivity contribution in [2.45, 2.75) is 13.3 Å². The van der Waals surface area contributed by atoms with E-state index in [2.05, 4.69) is 0 Å². The van der Waals surface area contributed by atoms with Crippen LogP contribution in [0.15, 0.2) is 90.3 Å². The molecule has 186 valence electrons. The minimum Gasteiger partial charge on any atom is -0.478 e. The van der Waals surface area contributed by atoms with Gasteiger partial charge in [-0.05, 0) is 54.8 Å². The van der Waals surface area contributed by atoms with Gasteiger partial charge in [0.05, 0.1) is 11.0 Å². The van der Waals surface area contributed by atoms with E-state index in [4.69, 9.17) is 5.11 Å². The fourth-order valence-electron chi connectivity index (χ4n) is 3.55. The summed E-state index contributed by atoms with van der Waals surface area (Å²) >= 11 is 0. The Morgan fingerprint density at radius 2 is 1.50 bits per heavy atom. The second-order valence-corrected chi connectivity index (χ2v) is 9.47. The number of nitrogens with zero attached hydrogens (tertiary/aromatic N) is 1. The van der Waals surface area contributed by atoms with Gasteiger partial charge in [-0.15, -0.1) is 0 Å². The summed E-state index contributed by atoms with van der Waals surface area (Å²) < 4.78 is 27.2. The van der Waals surface area contributed by atoms with Crippen LogP contribution in [0.3, 0.4) is 0 Å². The molecule has 0 aliphatic carbocycles. The van der Waals surface area contributed by atoms with Gasteiger partial charge in [0, 0.05) is 12.2 Å². The average Bonchev–Trinajstić information content (AvgIpc) is 2.87. The van der Waals surface area contributed by atoms with Gasteiger partial charge in [-0.3, -0.25) is 9.59 Å². The molecule has 0 saturated carbocycles. The normalized spacial score (nSPS) is 12.1. The number of amides is 2. The number of hydrogen-bond donors (Lipinski definition) is 2. The fourth-order valence-corrected chi connectivity index (χ4v) is 4.38. The Balaban J connectivity index is 1.89. The van der Waals surface area contributed by atoms with Crippen LogP contribution in [0.2, 0.25) is 0 Å². The molecule has 3 rings (SSSR count). The molecule has 0 saturated heterocycles. The molecule has 0 aromatic heterocycles. The summed E-state index contributed by atoms with van der Waals surface area (Å²) in [6.07, 6.45) is 1.23. The molecule has 0 radical (unpaired) electrons. The van der Waals surface area contributed by atoms with Crippen molar-refractivity contribution >= 4 is 39.6 Å². The summed E-state index contributed by atoms with van der Waals surface area (Å²) in [6, 6.07) is 23.2.